The lowest BCUT2D eigenvalue weighted by molar-refractivity contribution is 0.590. The van der Waals surface area contributed by atoms with Crippen LogP contribution < -0.4 is 19.6 Å². The van der Waals surface area contributed by atoms with Gasteiger partial charge < -0.3 is 24.2 Å². The van der Waals surface area contributed by atoms with Gasteiger partial charge in [-0.05, 0) is 187 Å². The number of benzene rings is 11. The van der Waals surface area contributed by atoms with Crippen molar-refractivity contribution in [2.24, 2.45) is 0 Å². The largest absolute Gasteiger partial charge is 0.309 e. The molecule has 0 bridgehead atoms. The van der Waals surface area contributed by atoms with Gasteiger partial charge in [0, 0.05) is 62.0 Å². The van der Waals surface area contributed by atoms with E-state index >= 15 is 0 Å². The zero-order chi connectivity index (χ0) is 55.8. The van der Waals surface area contributed by atoms with E-state index in [1.54, 1.807) is 0 Å². The molecule has 12 aromatic rings. The summed E-state index contributed by atoms with van der Waals surface area (Å²) in [7, 11) is 0. The van der Waals surface area contributed by atoms with Gasteiger partial charge in [0.2, 0.25) is 0 Å². The Morgan fingerprint density at radius 3 is 0.753 bits per heavy atom. The highest BCUT2D eigenvalue weighted by molar-refractivity contribution is 9.11. The van der Waals surface area contributed by atoms with E-state index in [2.05, 4.69) is 371 Å². The number of aromatic nitrogens is 1. The summed E-state index contributed by atoms with van der Waals surface area (Å²) in [4.78, 5) is 9.55. The lowest BCUT2D eigenvalue weighted by atomic mass is 9.86. The molecule has 1 aromatic heterocycles. The van der Waals surface area contributed by atoms with Crippen molar-refractivity contribution in [2.75, 3.05) is 19.6 Å². The maximum atomic E-state index is 4.32. The van der Waals surface area contributed by atoms with E-state index in [4.69, 9.17) is 0 Å². The molecule has 0 aliphatic carbocycles. The van der Waals surface area contributed by atoms with E-state index in [-0.39, 0.29) is 10.8 Å². The zero-order valence-corrected chi connectivity index (χ0v) is 49.6. The van der Waals surface area contributed by atoms with Gasteiger partial charge >= 0.3 is 0 Å². The Kier molecular flexibility index (Phi) is 14.5. The van der Waals surface area contributed by atoms with Gasteiger partial charge in [-0.3, -0.25) is 0 Å². The van der Waals surface area contributed by atoms with Gasteiger partial charge in [-0.25, -0.2) is 0 Å². The normalized spacial score (nSPS) is 11.7. The van der Waals surface area contributed by atoms with Crippen LogP contribution in [-0.2, 0) is 10.8 Å². The molecule has 0 fully saturated rings. The number of rotatable bonds is 13. The molecule has 0 unspecified atom stereocenters. The molecule has 1 heterocycles. The number of nitrogens with zero attached hydrogens (tertiary/aromatic N) is 5. The summed E-state index contributed by atoms with van der Waals surface area (Å²) < 4.78 is 4.39. The number of anilines is 12. The third-order valence-corrected chi connectivity index (χ3v) is 16.7. The molecule has 398 valence electrons. The lowest BCUT2D eigenvalue weighted by Crippen LogP contribution is -2.18. The summed E-state index contributed by atoms with van der Waals surface area (Å²) in [5.41, 5.74) is 17.9. The minimum absolute atomic E-state index is 0.185. The van der Waals surface area contributed by atoms with Crippen LogP contribution in [0.3, 0.4) is 0 Å². The predicted molar refractivity (Wildman–Crippen MR) is 352 cm³/mol. The van der Waals surface area contributed by atoms with E-state index in [1.807, 2.05) is 0 Å². The van der Waals surface area contributed by atoms with Crippen LogP contribution in [0.1, 0.15) is 52.7 Å². The topological polar surface area (TPSA) is 17.9 Å². The number of hydrogen-bond donors (Lipinski definition) is 0. The Labute approximate surface area is 493 Å². The number of fused-ring (bicyclic) bond motifs is 3. The van der Waals surface area contributed by atoms with Crippen LogP contribution in [0.2, 0.25) is 0 Å². The van der Waals surface area contributed by atoms with Crippen LogP contribution in [0.5, 0.6) is 0 Å². The van der Waals surface area contributed by atoms with Gasteiger partial charge in [0.1, 0.15) is 0 Å². The van der Waals surface area contributed by atoms with Crippen LogP contribution in [0.25, 0.3) is 27.5 Å². The summed E-state index contributed by atoms with van der Waals surface area (Å²) >= 11 is 8.64. The first kappa shape index (κ1) is 53.0. The van der Waals surface area contributed by atoms with E-state index in [0.717, 1.165) is 105 Å². The van der Waals surface area contributed by atoms with Crippen LogP contribution in [-0.4, -0.2) is 4.57 Å². The zero-order valence-electron chi connectivity index (χ0n) is 46.5. The molecule has 11 aromatic carbocycles. The van der Waals surface area contributed by atoms with Crippen molar-refractivity contribution < 1.29 is 0 Å². The van der Waals surface area contributed by atoms with E-state index in [1.165, 1.54) is 11.1 Å². The number of hydrogen-bond acceptors (Lipinski definition) is 4. The van der Waals surface area contributed by atoms with E-state index in [9.17, 15) is 0 Å². The third kappa shape index (κ3) is 10.4. The number of para-hydroxylation sites is 7. The van der Waals surface area contributed by atoms with Crippen molar-refractivity contribution in [2.45, 2.75) is 52.4 Å². The smallest absolute Gasteiger partial charge is 0.0657 e. The lowest BCUT2D eigenvalue weighted by Gasteiger charge is -2.33. The highest BCUT2D eigenvalue weighted by Gasteiger charge is 2.30. The number of halogens is 2. The highest BCUT2D eigenvalue weighted by Crippen LogP contribution is 2.52. The van der Waals surface area contributed by atoms with Gasteiger partial charge in [-0.1, -0.05) is 181 Å². The predicted octanol–water partition coefficient (Wildman–Crippen LogP) is 22.8. The van der Waals surface area contributed by atoms with Crippen LogP contribution in [0.15, 0.2) is 282 Å². The van der Waals surface area contributed by atoms with Gasteiger partial charge in [0.25, 0.3) is 0 Å². The average Bonchev–Trinajstić information content (AvgIpc) is 3.74. The quantitative estimate of drug-likeness (QED) is 0.114. The van der Waals surface area contributed by atoms with E-state index in [0.29, 0.717) is 0 Å². The Morgan fingerprint density at radius 1 is 0.272 bits per heavy atom. The first-order valence-corrected chi connectivity index (χ1v) is 29.2. The van der Waals surface area contributed by atoms with Gasteiger partial charge in [-0.15, -0.1) is 0 Å². The standard InChI is InChI=1S/C74H63Br2N5/c1-73(2,3)52-46-67(77(54-28-14-7-15-29-54)55-30-16-8-17-31-55)71(75)69(48-52)79(58-36-22-11-23-37-58)61-42-44-63-64-45-43-62(51-66(64)81(65(63)50-61)60-40-26-13-27-41-60)80(59-38-24-12-25-39-59)70-49-53(74(4,5)6)47-68(72(70)76)78(56-32-18-9-19-33-56)57-34-20-10-21-35-57/h7-51H,1-6H3. The fourth-order valence-corrected chi connectivity index (χ4v) is 12.2. The Morgan fingerprint density at radius 2 is 0.506 bits per heavy atom. The molecular weight excluding hydrogens is 1120 g/mol. The highest BCUT2D eigenvalue weighted by atomic mass is 79.9. The minimum Gasteiger partial charge on any atom is -0.309 e. The van der Waals surface area contributed by atoms with Gasteiger partial charge in [0.05, 0.1) is 42.7 Å². The Bertz CT molecular complexity index is 3810. The van der Waals surface area contributed by atoms with Crippen molar-refractivity contribution >= 4 is 122 Å². The monoisotopic (exact) mass is 1180 g/mol. The SMILES string of the molecule is CC(C)(C)c1cc(N(c2ccccc2)c2ccccc2)c(Br)c(N(c2ccccc2)c2ccc3c4ccc(N(c5ccccc5)c5cc(C(C)(C)C)cc(N(c6ccccc6)c6ccccc6)c5Br)cc4n(-c4ccccc4)c3c2)c1. The fraction of sp³-hybridized carbons (Fsp3) is 0.108. The van der Waals surface area contributed by atoms with Crippen molar-refractivity contribution in [3.8, 4) is 5.69 Å². The summed E-state index contributed by atoms with van der Waals surface area (Å²) in [6.45, 7) is 13.8. The molecule has 0 saturated carbocycles. The minimum atomic E-state index is -0.185. The first-order chi connectivity index (χ1) is 39.3. The van der Waals surface area contributed by atoms with Crippen molar-refractivity contribution in [3.05, 3.63) is 293 Å². The molecule has 81 heavy (non-hydrogen) atoms. The fourth-order valence-electron chi connectivity index (χ4n) is 11.0. The molecule has 0 atom stereocenters. The van der Waals surface area contributed by atoms with E-state index < -0.39 is 0 Å². The molecule has 0 N–H and O–H groups in total. The molecule has 7 heteroatoms. The molecule has 12 rings (SSSR count). The summed E-state index contributed by atoms with van der Waals surface area (Å²) in [6.07, 6.45) is 0. The Hall–Kier alpha value is -8.62. The summed E-state index contributed by atoms with van der Waals surface area (Å²) in [5.74, 6) is 0. The van der Waals surface area contributed by atoms with Gasteiger partial charge in [-0.2, -0.15) is 0 Å². The van der Waals surface area contributed by atoms with Crippen LogP contribution in [0.4, 0.5) is 68.2 Å². The van der Waals surface area contributed by atoms with Crippen LogP contribution in [0, 0.1) is 0 Å². The van der Waals surface area contributed by atoms with Crippen molar-refractivity contribution in [1.29, 1.82) is 0 Å². The molecule has 0 aliphatic heterocycles. The molecule has 0 aliphatic rings. The van der Waals surface area contributed by atoms with Crippen LogP contribution >= 0.6 is 31.9 Å². The molecule has 0 saturated heterocycles. The molecule has 0 radical (unpaired) electrons. The summed E-state index contributed by atoms with van der Waals surface area (Å²) in [6, 6.07) is 98.4. The van der Waals surface area contributed by atoms with Crippen molar-refractivity contribution in [3.63, 3.8) is 0 Å². The Balaban J connectivity index is 1.09. The summed E-state index contributed by atoms with van der Waals surface area (Å²) in [5, 5.41) is 2.32. The third-order valence-electron chi connectivity index (χ3n) is 15.1. The molecular formula is C74H63Br2N5. The second-order valence-electron chi connectivity index (χ2n) is 22.6. The molecule has 5 nitrogen and oxygen atoms in total. The molecule has 0 spiro atoms. The van der Waals surface area contributed by atoms with Gasteiger partial charge in [0.15, 0.2) is 0 Å². The maximum Gasteiger partial charge on any atom is 0.0657 e. The second kappa shape index (κ2) is 22.1. The second-order valence-corrected chi connectivity index (χ2v) is 24.2. The first-order valence-electron chi connectivity index (χ1n) is 27.6. The maximum absolute atomic E-state index is 4.32. The molecule has 0 amide bonds. The van der Waals surface area contributed by atoms with Crippen molar-refractivity contribution in [1.82, 2.24) is 4.57 Å². The average molecular weight is 1180 g/mol.